The average molecular weight is 355 g/mol. The molecule has 3 aromatic rings. The zero-order chi connectivity index (χ0) is 15.5. The summed E-state index contributed by atoms with van der Waals surface area (Å²) < 4.78 is 10.9. The summed E-state index contributed by atoms with van der Waals surface area (Å²) in [5.74, 6) is 1.17. The smallest absolute Gasteiger partial charge is 0.174 e. The van der Waals surface area contributed by atoms with Crippen molar-refractivity contribution in [2.75, 3.05) is 0 Å². The van der Waals surface area contributed by atoms with Gasteiger partial charge in [-0.15, -0.1) is 0 Å². The molecule has 1 heterocycles. The van der Waals surface area contributed by atoms with Crippen molar-refractivity contribution in [1.29, 1.82) is 0 Å². The van der Waals surface area contributed by atoms with Gasteiger partial charge >= 0.3 is 0 Å². The average Bonchev–Trinajstić information content (AvgIpc) is 2.94. The highest BCUT2D eigenvalue weighted by Gasteiger charge is 2.08. The van der Waals surface area contributed by atoms with Gasteiger partial charge in [0.25, 0.3) is 0 Å². The molecule has 0 aliphatic carbocycles. The van der Waals surface area contributed by atoms with E-state index in [0.29, 0.717) is 26.6 Å². The Morgan fingerprint density at radius 3 is 2.23 bits per heavy atom. The first-order valence-corrected chi connectivity index (χ1v) is 7.54. The zero-order valence-electron chi connectivity index (χ0n) is 11.2. The lowest BCUT2D eigenvalue weighted by Crippen LogP contribution is -1.93. The second kappa shape index (κ2) is 6.61. The lowest BCUT2D eigenvalue weighted by atomic mass is 10.1. The molecule has 3 nitrogen and oxygen atoms in total. The lowest BCUT2D eigenvalue weighted by Gasteiger charge is -2.04. The third-order valence-electron chi connectivity index (χ3n) is 2.92. The third-order valence-corrected chi connectivity index (χ3v) is 3.60. The number of hydrogen-bond acceptors (Lipinski definition) is 3. The van der Waals surface area contributed by atoms with E-state index in [1.54, 1.807) is 30.3 Å². The monoisotopic (exact) mass is 353 g/mol. The Kier molecular flexibility index (Phi) is 4.57. The molecule has 112 valence electrons. The van der Waals surface area contributed by atoms with E-state index in [1.165, 1.54) is 0 Å². The van der Waals surface area contributed by atoms with Crippen LogP contribution in [0, 0.1) is 0 Å². The highest BCUT2D eigenvalue weighted by Crippen LogP contribution is 2.26. The van der Waals surface area contributed by atoms with Gasteiger partial charge < -0.3 is 9.26 Å². The topological polar surface area (TPSA) is 35.3 Å². The van der Waals surface area contributed by atoms with Gasteiger partial charge in [0.05, 0.1) is 0 Å². The van der Waals surface area contributed by atoms with Crippen molar-refractivity contribution in [2.45, 2.75) is 6.61 Å². The van der Waals surface area contributed by atoms with E-state index in [2.05, 4.69) is 5.16 Å². The number of nitrogens with zero attached hydrogens (tertiary/aromatic N) is 1. The van der Waals surface area contributed by atoms with Crippen LogP contribution in [0.3, 0.4) is 0 Å². The minimum atomic E-state index is 0.233. The van der Waals surface area contributed by atoms with Crippen LogP contribution in [0.5, 0.6) is 5.75 Å². The SMILES string of the molecule is Clc1ccc(-c2cc(COc3cc(Cl)cc(Cl)c3)on2)cc1. The van der Waals surface area contributed by atoms with E-state index < -0.39 is 0 Å². The highest BCUT2D eigenvalue weighted by molar-refractivity contribution is 6.34. The predicted molar refractivity (Wildman–Crippen MR) is 87.7 cm³/mol. The second-order valence-electron chi connectivity index (χ2n) is 4.58. The van der Waals surface area contributed by atoms with E-state index in [1.807, 2.05) is 18.2 Å². The van der Waals surface area contributed by atoms with Gasteiger partial charge in [-0.05, 0) is 30.3 Å². The molecular formula is C16H10Cl3NO2. The number of halogens is 3. The van der Waals surface area contributed by atoms with Crippen molar-refractivity contribution in [3.63, 3.8) is 0 Å². The van der Waals surface area contributed by atoms with E-state index in [0.717, 1.165) is 11.3 Å². The fourth-order valence-corrected chi connectivity index (χ4v) is 2.54. The van der Waals surface area contributed by atoms with Crippen molar-refractivity contribution in [3.8, 4) is 17.0 Å². The Morgan fingerprint density at radius 1 is 0.864 bits per heavy atom. The zero-order valence-corrected chi connectivity index (χ0v) is 13.5. The molecule has 6 heteroatoms. The van der Waals surface area contributed by atoms with E-state index in [9.17, 15) is 0 Å². The molecule has 3 rings (SSSR count). The van der Waals surface area contributed by atoms with Crippen LogP contribution >= 0.6 is 34.8 Å². The van der Waals surface area contributed by atoms with Crippen LogP contribution in [0.1, 0.15) is 5.76 Å². The summed E-state index contributed by atoms with van der Waals surface area (Å²) in [6, 6.07) is 14.2. The molecule has 1 aromatic heterocycles. The minimum Gasteiger partial charge on any atom is -0.485 e. The number of benzene rings is 2. The fourth-order valence-electron chi connectivity index (χ4n) is 1.90. The molecule has 2 aromatic carbocycles. The molecule has 0 atom stereocenters. The summed E-state index contributed by atoms with van der Waals surface area (Å²) in [4.78, 5) is 0. The second-order valence-corrected chi connectivity index (χ2v) is 5.89. The van der Waals surface area contributed by atoms with Crippen LogP contribution in [0.15, 0.2) is 53.1 Å². The number of hydrogen-bond donors (Lipinski definition) is 0. The van der Waals surface area contributed by atoms with Crippen LogP contribution in [0.25, 0.3) is 11.3 Å². The molecule has 0 unspecified atom stereocenters. The van der Waals surface area contributed by atoms with Crippen LogP contribution in [-0.2, 0) is 6.61 Å². The minimum absolute atomic E-state index is 0.233. The van der Waals surface area contributed by atoms with Crippen molar-refractivity contribution in [1.82, 2.24) is 5.16 Å². The normalized spacial score (nSPS) is 10.7. The maximum atomic E-state index is 5.92. The predicted octanol–water partition coefficient (Wildman–Crippen LogP) is 5.88. The third kappa shape index (κ3) is 3.74. The maximum absolute atomic E-state index is 5.92. The Hall–Kier alpha value is -1.68. The Morgan fingerprint density at radius 2 is 1.55 bits per heavy atom. The van der Waals surface area contributed by atoms with Crippen molar-refractivity contribution in [3.05, 3.63) is 69.4 Å². The Labute approximate surface area is 142 Å². The number of rotatable bonds is 4. The van der Waals surface area contributed by atoms with Gasteiger partial charge in [-0.2, -0.15) is 0 Å². The molecule has 0 amide bonds. The quantitative estimate of drug-likeness (QED) is 0.587. The van der Waals surface area contributed by atoms with Crippen molar-refractivity contribution in [2.24, 2.45) is 0 Å². The van der Waals surface area contributed by atoms with Crippen LogP contribution in [0.2, 0.25) is 15.1 Å². The van der Waals surface area contributed by atoms with Gasteiger partial charge in [0.15, 0.2) is 5.76 Å². The number of aromatic nitrogens is 1. The molecule has 0 fully saturated rings. The van der Waals surface area contributed by atoms with Crippen molar-refractivity contribution < 1.29 is 9.26 Å². The molecule has 22 heavy (non-hydrogen) atoms. The first kappa shape index (κ1) is 15.2. The molecule has 0 aliphatic rings. The molecule has 0 saturated heterocycles. The summed E-state index contributed by atoms with van der Waals surface area (Å²) in [5.41, 5.74) is 1.64. The Balaban J connectivity index is 1.70. The molecule has 0 radical (unpaired) electrons. The molecular weight excluding hydrogens is 345 g/mol. The highest BCUT2D eigenvalue weighted by atomic mass is 35.5. The maximum Gasteiger partial charge on any atom is 0.174 e. The van der Waals surface area contributed by atoms with Gasteiger partial charge in [0.2, 0.25) is 0 Å². The Bertz CT molecular complexity index is 764. The molecule has 0 spiro atoms. The molecule has 0 bridgehead atoms. The van der Waals surface area contributed by atoms with E-state index in [-0.39, 0.29) is 6.61 Å². The lowest BCUT2D eigenvalue weighted by molar-refractivity contribution is 0.249. The first-order valence-electron chi connectivity index (χ1n) is 6.40. The fraction of sp³-hybridized carbons (Fsp3) is 0.0625. The molecule has 0 saturated carbocycles. The van der Waals surface area contributed by atoms with Gasteiger partial charge in [0.1, 0.15) is 18.1 Å². The van der Waals surface area contributed by atoms with E-state index >= 15 is 0 Å². The summed E-state index contributed by atoms with van der Waals surface area (Å²) >= 11 is 17.7. The summed E-state index contributed by atoms with van der Waals surface area (Å²) in [6.07, 6.45) is 0. The van der Waals surface area contributed by atoms with Crippen LogP contribution in [-0.4, -0.2) is 5.16 Å². The van der Waals surface area contributed by atoms with Gasteiger partial charge in [-0.1, -0.05) is 52.1 Å². The van der Waals surface area contributed by atoms with Gasteiger partial charge in [-0.25, -0.2) is 0 Å². The summed E-state index contributed by atoms with van der Waals surface area (Å²) in [5, 5.41) is 5.72. The van der Waals surface area contributed by atoms with Gasteiger partial charge in [0, 0.05) is 26.7 Å². The van der Waals surface area contributed by atoms with Gasteiger partial charge in [-0.3, -0.25) is 0 Å². The summed E-state index contributed by atoms with van der Waals surface area (Å²) in [6.45, 7) is 0.233. The molecule has 0 aliphatic heterocycles. The van der Waals surface area contributed by atoms with E-state index in [4.69, 9.17) is 44.1 Å². The first-order chi connectivity index (χ1) is 10.6. The summed E-state index contributed by atoms with van der Waals surface area (Å²) in [7, 11) is 0. The van der Waals surface area contributed by atoms with Crippen LogP contribution < -0.4 is 4.74 Å². The van der Waals surface area contributed by atoms with Crippen molar-refractivity contribution >= 4 is 34.8 Å². The largest absolute Gasteiger partial charge is 0.485 e. The molecule has 0 N–H and O–H groups in total. The number of ether oxygens (including phenoxy) is 1. The standard InChI is InChI=1S/C16H10Cl3NO2/c17-11-3-1-10(2-4-11)16-8-15(22-20-16)9-21-14-6-12(18)5-13(19)7-14/h1-8H,9H2. The van der Waals surface area contributed by atoms with Crippen LogP contribution in [0.4, 0.5) is 0 Å².